The minimum Gasteiger partial charge on any atom is -0.325 e. The van der Waals surface area contributed by atoms with Gasteiger partial charge in [-0.3, -0.25) is 14.6 Å². The molecular formula is C22H22N4O2S. The van der Waals surface area contributed by atoms with Crippen LogP contribution in [0.3, 0.4) is 0 Å². The number of anilines is 2. The number of amides is 2. The maximum Gasteiger partial charge on any atom is 0.258 e. The molecule has 0 aliphatic carbocycles. The van der Waals surface area contributed by atoms with E-state index >= 15 is 0 Å². The third-order valence-electron chi connectivity index (χ3n) is 4.08. The molecule has 0 saturated heterocycles. The van der Waals surface area contributed by atoms with Gasteiger partial charge < -0.3 is 10.6 Å². The Hall–Kier alpha value is -3.19. The molecule has 2 amide bonds. The highest BCUT2D eigenvalue weighted by Gasteiger charge is 2.14. The van der Waals surface area contributed by atoms with Crippen LogP contribution in [0.2, 0.25) is 0 Å². The van der Waals surface area contributed by atoms with Crippen molar-refractivity contribution in [2.45, 2.75) is 31.6 Å². The number of hydrogen-bond acceptors (Lipinski definition) is 5. The lowest BCUT2D eigenvalue weighted by molar-refractivity contribution is -0.114. The van der Waals surface area contributed by atoms with Crippen molar-refractivity contribution in [3.05, 3.63) is 77.2 Å². The second-order valence-electron chi connectivity index (χ2n) is 6.69. The zero-order valence-corrected chi connectivity index (χ0v) is 17.3. The van der Waals surface area contributed by atoms with E-state index in [1.807, 2.05) is 32.0 Å². The van der Waals surface area contributed by atoms with E-state index in [-0.39, 0.29) is 11.8 Å². The van der Waals surface area contributed by atoms with E-state index in [0.29, 0.717) is 22.0 Å². The van der Waals surface area contributed by atoms with Crippen molar-refractivity contribution in [2.24, 2.45) is 0 Å². The van der Waals surface area contributed by atoms with E-state index in [2.05, 4.69) is 26.7 Å². The van der Waals surface area contributed by atoms with Crippen molar-refractivity contribution in [2.75, 3.05) is 10.6 Å². The van der Waals surface area contributed by atoms with Gasteiger partial charge in [0.15, 0.2) is 0 Å². The molecule has 0 saturated carbocycles. The highest BCUT2D eigenvalue weighted by molar-refractivity contribution is 7.98. The molecule has 1 aromatic carbocycles. The van der Waals surface area contributed by atoms with Gasteiger partial charge in [0.2, 0.25) is 5.91 Å². The summed E-state index contributed by atoms with van der Waals surface area (Å²) in [4.78, 5) is 32.7. The third-order valence-corrected chi connectivity index (χ3v) is 5.14. The second kappa shape index (κ2) is 9.34. The molecule has 2 aromatic heterocycles. The van der Waals surface area contributed by atoms with Gasteiger partial charge in [-0.1, -0.05) is 6.07 Å². The summed E-state index contributed by atoms with van der Waals surface area (Å²) in [5.74, 6) is 0.178. The molecule has 3 aromatic rings. The van der Waals surface area contributed by atoms with Gasteiger partial charge in [0, 0.05) is 30.8 Å². The van der Waals surface area contributed by atoms with E-state index in [0.717, 1.165) is 22.4 Å². The van der Waals surface area contributed by atoms with E-state index in [1.54, 1.807) is 30.7 Å². The minimum absolute atomic E-state index is 0.157. The summed E-state index contributed by atoms with van der Waals surface area (Å²) in [5.41, 5.74) is 5.01. The fourth-order valence-electron chi connectivity index (χ4n) is 2.92. The van der Waals surface area contributed by atoms with E-state index in [4.69, 9.17) is 0 Å². The van der Waals surface area contributed by atoms with Crippen LogP contribution in [0.1, 0.15) is 34.0 Å². The Balaban J connectivity index is 1.77. The van der Waals surface area contributed by atoms with Gasteiger partial charge in [-0.15, -0.1) is 11.8 Å². The number of carbonyl (C=O) groups excluding carboxylic acids is 2. The molecule has 0 radical (unpaired) electrons. The minimum atomic E-state index is -0.206. The summed E-state index contributed by atoms with van der Waals surface area (Å²) in [7, 11) is 0. The van der Waals surface area contributed by atoms with E-state index in [1.165, 1.54) is 18.7 Å². The van der Waals surface area contributed by atoms with Crippen LogP contribution in [0.4, 0.5) is 11.4 Å². The predicted molar refractivity (Wildman–Crippen MR) is 116 cm³/mol. The highest BCUT2D eigenvalue weighted by Crippen LogP contribution is 2.28. The number of aryl methyl sites for hydroxylation is 2. The first-order chi connectivity index (χ1) is 13.9. The monoisotopic (exact) mass is 406 g/mol. The molecule has 148 valence electrons. The van der Waals surface area contributed by atoms with Crippen LogP contribution in [0, 0.1) is 13.8 Å². The number of aromatic nitrogens is 2. The smallest absolute Gasteiger partial charge is 0.258 e. The fourth-order valence-corrected chi connectivity index (χ4v) is 3.92. The summed E-state index contributed by atoms with van der Waals surface area (Å²) in [6.07, 6.45) is 4.95. The van der Waals surface area contributed by atoms with Crippen molar-refractivity contribution in [3.63, 3.8) is 0 Å². The average molecular weight is 407 g/mol. The summed E-state index contributed by atoms with van der Waals surface area (Å²) < 4.78 is 0. The van der Waals surface area contributed by atoms with Crippen LogP contribution in [0.5, 0.6) is 0 Å². The van der Waals surface area contributed by atoms with Crippen molar-refractivity contribution in [1.82, 2.24) is 9.97 Å². The lowest BCUT2D eigenvalue weighted by atomic mass is 10.1. The molecule has 0 spiro atoms. The molecule has 2 heterocycles. The zero-order valence-electron chi connectivity index (χ0n) is 16.5. The van der Waals surface area contributed by atoms with Gasteiger partial charge in [0.05, 0.1) is 17.4 Å². The Kier molecular flexibility index (Phi) is 6.61. The summed E-state index contributed by atoms with van der Waals surface area (Å²) in [5, 5.41) is 6.36. The van der Waals surface area contributed by atoms with E-state index in [9.17, 15) is 9.59 Å². The Bertz CT molecular complexity index is 1030. The molecule has 6 nitrogen and oxygen atoms in total. The number of benzene rings is 1. The molecule has 2 N–H and O–H groups in total. The highest BCUT2D eigenvalue weighted by atomic mass is 32.2. The number of rotatable bonds is 6. The molecule has 3 rings (SSSR count). The number of pyridine rings is 2. The predicted octanol–water partition coefficient (Wildman–Crippen LogP) is 4.60. The zero-order chi connectivity index (χ0) is 20.8. The lowest BCUT2D eigenvalue weighted by Gasteiger charge is -2.12. The largest absolute Gasteiger partial charge is 0.325 e. The average Bonchev–Trinajstić information content (AvgIpc) is 2.66. The van der Waals surface area contributed by atoms with Gasteiger partial charge in [-0.2, -0.15) is 0 Å². The summed E-state index contributed by atoms with van der Waals surface area (Å²) in [6.45, 7) is 5.45. The van der Waals surface area contributed by atoms with Crippen LogP contribution in [0.15, 0.2) is 60.0 Å². The van der Waals surface area contributed by atoms with Gasteiger partial charge in [-0.25, -0.2) is 4.98 Å². The first-order valence-corrected chi connectivity index (χ1v) is 10.1. The topological polar surface area (TPSA) is 84.0 Å². The summed E-state index contributed by atoms with van der Waals surface area (Å²) >= 11 is 1.44. The molecule has 0 unspecified atom stereocenters. The van der Waals surface area contributed by atoms with E-state index < -0.39 is 0 Å². The standard InChI is InChI=1S/C22H22N4O2S/c1-14-9-15(2)11-18(10-14)26-21(28)19-5-4-7-24-22(19)29-13-17-6-8-23-12-20(17)25-16(3)27/h4-12H,13H2,1-3H3,(H,25,27)(H,26,28). The van der Waals surface area contributed by atoms with Crippen LogP contribution in [-0.2, 0) is 10.5 Å². The van der Waals surface area contributed by atoms with Crippen molar-refractivity contribution >= 4 is 35.0 Å². The van der Waals surface area contributed by atoms with Gasteiger partial charge in [0.25, 0.3) is 5.91 Å². The van der Waals surface area contributed by atoms with Crippen LogP contribution >= 0.6 is 11.8 Å². The Morgan fingerprint density at radius 3 is 2.52 bits per heavy atom. The Morgan fingerprint density at radius 2 is 1.79 bits per heavy atom. The van der Waals surface area contributed by atoms with Crippen LogP contribution in [-0.4, -0.2) is 21.8 Å². The molecule has 0 aliphatic heterocycles. The van der Waals surface area contributed by atoms with Crippen molar-refractivity contribution in [3.8, 4) is 0 Å². The Morgan fingerprint density at radius 1 is 1.03 bits per heavy atom. The molecule has 0 atom stereocenters. The number of carbonyl (C=O) groups is 2. The SMILES string of the molecule is CC(=O)Nc1cnccc1CSc1ncccc1C(=O)Nc1cc(C)cc(C)c1. The summed E-state index contributed by atoms with van der Waals surface area (Å²) in [6, 6.07) is 11.3. The number of thioether (sulfide) groups is 1. The maximum atomic E-state index is 12.8. The quantitative estimate of drug-likeness (QED) is 0.585. The molecule has 0 fully saturated rings. The number of hydrogen-bond donors (Lipinski definition) is 2. The maximum absolute atomic E-state index is 12.8. The molecule has 7 heteroatoms. The molecule has 29 heavy (non-hydrogen) atoms. The number of nitrogens with zero attached hydrogens (tertiary/aromatic N) is 2. The van der Waals surface area contributed by atoms with Crippen molar-refractivity contribution in [1.29, 1.82) is 0 Å². The number of nitrogens with one attached hydrogen (secondary N) is 2. The van der Waals surface area contributed by atoms with Crippen molar-refractivity contribution < 1.29 is 9.59 Å². The fraction of sp³-hybridized carbons (Fsp3) is 0.182. The Labute approximate surface area is 174 Å². The van der Waals surface area contributed by atoms with Gasteiger partial charge >= 0.3 is 0 Å². The lowest BCUT2D eigenvalue weighted by Crippen LogP contribution is -2.14. The second-order valence-corrected chi connectivity index (χ2v) is 7.65. The first-order valence-electron chi connectivity index (χ1n) is 9.10. The van der Waals surface area contributed by atoms with Crippen LogP contribution in [0.25, 0.3) is 0 Å². The molecule has 0 bridgehead atoms. The third kappa shape index (κ3) is 5.65. The normalized spacial score (nSPS) is 10.4. The molecule has 0 aliphatic rings. The first kappa shape index (κ1) is 20.5. The van der Waals surface area contributed by atoms with Crippen LogP contribution < -0.4 is 10.6 Å². The van der Waals surface area contributed by atoms with Gasteiger partial charge in [0.1, 0.15) is 5.03 Å². The molecular weight excluding hydrogens is 384 g/mol. The van der Waals surface area contributed by atoms with Gasteiger partial charge in [-0.05, 0) is 60.9 Å².